The highest BCUT2D eigenvalue weighted by atomic mass is 32.2. The summed E-state index contributed by atoms with van der Waals surface area (Å²) in [7, 11) is -3.90. The lowest BCUT2D eigenvalue weighted by molar-refractivity contribution is -0.122. The van der Waals surface area contributed by atoms with Crippen molar-refractivity contribution in [2.24, 2.45) is 0 Å². The Labute approximate surface area is 194 Å². The van der Waals surface area contributed by atoms with Crippen molar-refractivity contribution in [3.63, 3.8) is 0 Å². The topological polar surface area (TPSA) is 66.5 Å². The molecule has 1 aliphatic rings. The maximum Gasteiger partial charge on any atom is 0.243 e. The maximum atomic E-state index is 13.4. The molecule has 0 saturated carbocycles. The van der Waals surface area contributed by atoms with Gasteiger partial charge in [-0.15, -0.1) is 0 Å². The van der Waals surface area contributed by atoms with Gasteiger partial charge in [-0.1, -0.05) is 55.5 Å². The third-order valence-corrected chi connectivity index (χ3v) is 8.01. The molecule has 1 unspecified atom stereocenters. The predicted molar refractivity (Wildman–Crippen MR) is 125 cm³/mol. The van der Waals surface area contributed by atoms with Crippen LogP contribution in [0.5, 0.6) is 0 Å². The number of benzene rings is 3. The standard InChI is InChI=1S/C26H27FN2O3S/c1-2-19-7-9-20(10-8-19)18-28-26(30)17-25-24-6-4-3-5-21(24)15-16-29(25)33(31,32)23-13-11-22(27)12-14-23/h3-14,25H,2,15-18H2,1H3,(H,28,30). The van der Waals surface area contributed by atoms with Crippen molar-refractivity contribution < 1.29 is 17.6 Å². The number of hydrogen-bond donors (Lipinski definition) is 1. The van der Waals surface area contributed by atoms with Gasteiger partial charge in [0.2, 0.25) is 15.9 Å². The van der Waals surface area contributed by atoms with E-state index in [9.17, 15) is 17.6 Å². The first-order valence-electron chi connectivity index (χ1n) is 11.1. The van der Waals surface area contributed by atoms with Crippen LogP contribution in [0.1, 0.15) is 41.6 Å². The Kier molecular flexibility index (Phi) is 6.91. The molecule has 3 aromatic carbocycles. The van der Waals surface area contributed by atoms with E-state index < -0.39 is 21.9 Å². The van der Waals surface area contributed by atoms with Crippen molar-refractivity contribution >= 4 is 15.9 Å². The Morgan fingerprint density at radius 1 is 1.00 bits per heavy atom. The van der Waals surface area contributed by atoms with Crippen LogP contribution in [0.25, 0.3) is 0 Å². The number of nitrogens with zero attached hydrogens (tertiary/aromatic N) is 1. The fourth-order valence-electron chi connectivity index (χ4n) is 4.21. The fourth-order valence-corrected chi connectivity index (χ4v) is 5.82. The van der Waals surface area contributed by atoms with Gasteiger partial charge in [-0.25, -0.2) is 12.8 Å². The Morgan fingerprint density at radius 2 is 1.67 bits per heavy atom. The molecule has 0 bridgehead atoms. The van der Waals surface area contributed by atoms with Crippen molar-refractivity contribution in [3.8, 4) is 0 Å². The molecule has 0 fully saturated rings. The molecule has 5 nitrogen and oxygen atoms in total. The lowest BCUT2D eigenvalue weighted by Crippen LogP contribution is -2.42. The van der Waals surface area contributed by atoms with E-state index in [0.717, 1.165) is 35.2 Å². The first kappa shape index (κ1) is 23.1. The van der Waals surface area contributed by atoms with E-state index in [2.05, 4.69) is 12.2 Å². The van der Waals surface area contributed by atoms with Crippen molar-refractivity contribution in [3.05, 3.63) is 101 Å². The van der Waals surface area contributed by atoms with E-state index in [0.29, 0.717) is 13.0 Å². The summed E-state index contributed by atoms with van der Waals surface area (Å²) in [6, 6.07) is 19.8. The molecule has 0 aliphatic carbocycles. The van der Waals surface area contributed by atoms with Crippen LogP contribution in [0.4, 0.5) is 4.39 Å². The molecule has 1 amide bonds. The van der Waals surface area contributed by atoms with Gasteiger partial charge in [-0.2, -0.15) is 4.31 Å². The Hall–Kier alpha value is -3.03. The van der Waals surface area contributed by atoms with Crippen LogP contribution in [0.3, 0.4) is 0 Å². The van der Waals surface area contributed by atoms with Crippen LogP contribution in [0.15, 0.2) is 77.7 Å². The highest BCUT2D eigenvalue weighted by Crippen LogP contribution is 2.36. The highest BCUT2D eigenvalue weighted by molar-refractivity contribution is 7.89. The summed E-state index contributed by atoms with van der Waals surface area (Å²) in [5.41, 5.74) is 4.08. The summed E-state index contributed by atoms with van der Waals surface area (Å²) in [6.45, 7) is 2.72. The third kappa shape index (κ3) is 5.15. The summed E-state index contributed by atoms with van der Waals surface area (Å²) in [5, 5.41) is 2.92. The number of halogens is 1. The van der Waals surface area contributed by atoms with Crippen LogP contribution in [-0.4, -0.2) is 25.2 Å². The van der Waals surface area contributed by atoms with Gasteiger partial charge in [0, 0.05) is 19.5 Å². The minimum Gasteiger partial charge on any atom is -0.352 e. The van der Waals surface area contributed by atoms with E-state index in [4.69, 9.17) is 0 Å². The van der Waals surface area contributed by atoms with Gasteiger partial charge in [-0.05, 0) is 59.4 Å². The molecule has 0 spiro atoms. The largest absolute Gasteiger partial charge is 0.352 e. The second-order valence-corrected chi connectivity index (χ2v) is 10.1. The van der Waals surface area contributed by atoms with Gasteiger partial charge >= 0.3 is 0 Å². The van der Waals surface area contributed by atoms with Crippen LogP contribution in [0, 0.1) is 5.82 Å². The van der Waals surface area contributed by atoms with E-state index in [-0.39, 0.29) is 23.8 Å². The Balaban J connectivity index is 1.56. The van der Waals surface area contributed by atoms with E-state index in [1.165, 1.54) is 22.0 Å². The Morgan fingerprint density at radius 3 is 2.36 bits per heavy atom. The number of sulfonamides is 1. The third-order valence-electron chi connectivity index (χ3n) is 6.08. The molecule has 1 aliphatic heterocycles. The summed E-state index contributed by atoms with van der Waals surface area (Å²) >= 11 is 0. The van der Waals surface area contributed by atoms with Crippen molar-refractivity contribution in [2.75, 3.05) is 6.54 Å². The summed E-state index contributed by atoms with van der Waals surface area (Å²) in [6.07, 6.45) is 1.51. The van der Waals surface area contributed by atoms with Gasteiger partial charge in [0.1, 0.15) is 5.82 Å². The molecule has 1 atom stereocenters. The first-order chi connectivity index (χ1) is 15.9. The maximum absolute atomic E-state index is 13.4. The zero-order chi connectivity index (χ0) is 23.4. The number of nitrogens with one attached hydrogen (secondary N) is 1. The molecule has 33 heavy (non-hydrogen) atoms. The SMILES string of the molecule is CCc1ccc(CNC(=O)CC2c3ccccc3CCN2S(=O)(=O)c2ccc(F)cc2)cc1. The molecular weight excluding hydrogens is 439 g/mol. The lowest BCUT2D eigenvalue weighted by atomic mass is 9.92. The summed E-state index contributed by atoms with van der Waals surface area (Å²) < 4.78 is 41.6. The predicted octanol–water partition coefficient (Wildman–Crippen LogP) is 4.38. The molecule has 7 heteroatoms. The molecule has 172 valence electrons. The Bertz CT molecular complexity index is 1230. The average molecular weight is 467 g/mol. The summed E-state index contributed by atoms with van der Waals surface area (Å²) in [4.78, 5) is 12.9. The van der Waals surface area contributed by atoms with Crippen LogP contribution < -0.4 is 5.32 Å². The van der Waals surface area contributed by atoms with Crippen LogP contribution in [-0.2, 0) is 34.2 Å². The van der Waals surface area contributed by atoms with E-state index in [1.54, 1.807) is 0 Å². The summed E-state index contributed by atoms with van der Waals surface area (Å²) in [5.74, 6) is -0.726. The van der Waals surface area contributed by atoms with Gasteiger partial charge in [0.25, 0.3) is 0 Å². The zero-order valence-corrected chi connectivity index (χ0v) is 19.3. The minimum absolute atomic E-state index is 0.00445. The van der Waals surface area contributed by atoms with E-state index in [1.807, 2.05) is 48.5 Å². The second-order valence-electron chi connectivity index (χ2n) is 8.19. The molecule has 4 rings (SSSR count). The number of amides is 1. The number of rotatable bonds is 7. The van der Waals surface area contributed by atoms with Crippen molar-refractivity contribution in [2.45, 2.75) is 43.7 Å². The molecular formula is C26H27FN2O3S. The second kappa shape index (κ2) is 9.85. The molecule has 3 aromatic rings. The fraction of sp³-hybridized carbons (Fsp3) is 0.269. The smallest absolute Gasteiger partial charge is 0.243 e. The highest BCUT2D eigenvalue weighted by Gasteiger charge is 2.37. The monoisotopic (exact) mass is 466 g/mol. The zero-order valence-electron chi connectivity index (χ0n) is 18.5. The van der Waals surface area contributed by atoms with Crippen LogP contribution in [0.2, 0.25) is 0 Å². The van der Waals surface area contributed by atoms with Gasteiger partial charge in [0.15, 0.2) is 0 Å². The van der Waals surface area contributed by atoms with Crippen LogP contribution >= 0.6 is 0 Å². The quantitative estimate of drug-likeness (QED) is 0.562. The number of aryl methyl sites for hydroxylation is 1. The molecule has 1 N–H and O–H groups in total. The average Bonchev–Trinajstić information content (AvgIpc) is 2.83. The van der Waals surface area contributed by atoms with Gasteiger partial charge < -0.3 is 5.32 Å². The molecule has 1 heterocycles. The lowest BCUT2D eigenvalue weighted by Gasteiger charge is -2.36. The van der Waals surface area contributed by atoms with Gasteiger partial charge in [-0.3, -0.25) is 4.79 Å². The molecule has 0 radical (unpaired) electrons. The van der Waals surface area contributed by atoms with E-state index >= 15 is 0 Å². The van der Waals surface area contributed by atoms with Crippen molar-refractivity contribution in [1.29, 1.82) is 0 Å². The van der Waals surface area contributed by atoms with Gasteiger partial charge in [0.05, 0.1) is 10.9 Å². The number of fused-ring (bicyclic) bond motifs is 1. The van der Waals surface area contributed by atoms with Crippen molar-refractivity contribution in [1.82, 2.24) is 9.62 Å². The molecule has 0 aromatic heterocycles. The first-order valence-corrected chi connectivity index (χ1v) is 12.5. The number of carbonyl (C=O) groups is 1. The minimum atomic E-state index is -3.90. The number of hydrogen-bond acceptors (Lipinski definition) is 3. The number of carbonyl (C=O) groups excluding carboxylic acids is 1. The normalized spacial score (nSPS) is 16.2. The molecule has 0 saturated heterocycles.